The lowest BCUT2D eigenvalue weighted by atomic mass is 9.78. The van der Waals surface area contributed by atoms with Crippen molar-refractivity contribution < 1.29 is 4.79 Å². The monoisotopic (exact) mass is 258 g/mol. The number of hydrogen-bond acceptors (Lipinski definition) is 2. The van der Waals surface area contributed by atoms with Crippen LogP contribution in [0.3, 0.4) is 0 Å². The summed E-state index contributed by atoms with van der Waals surface area (Å²) < 4.78 is 0. The Kier molecular flexibility index (Phi) is 3.09. The van der Waals surface area contributed by atoms with E-state index in [1.165, 1.54) is 19.5 Å². The molecule has 0 N–H and O–H groups in total. The van der Waals surface area contributed by atoms with E-state index in [-0.39, 0.29) is 5.91 Å². The van der Waals surface area contributed by atoms with Crippen LogP contribution >= 0.6 is 0 Å². The Bertz CT molecular complexity index is 491. The molecule has 0 atom stereocenters. The van der Waals surface area contributed by atoms with Crippen LogP contribution < -0.4 is 0 Å². The third-order valence-electron chi connectivity index (χ3n) is 4.68. The van der Waals surface area contributed by atoms with Gasteiger partial charge in [-0.25, -0.2) is 0 Å². The fourth-order valence-electron chi connectivity index (χ4n) is 3.45. The van der Waals surface area contributed by atoms with Crippen molar-refractivity contribution in [1.82, 2.24) is 9.80 Å². The zero-order chi connectivity index (χ0) is 13.5. The van der Waals surface area contributed by atoms with E-state index in [1.807, 2.05) is 36.1 Å². The topological polar surface area (TPSA) is 23.6 Å². The van der Waals surface area contributed by atoms with Crippen LogP contribution in [0, 0.1) is 12.3 Å². The van der Waals surface area contributed by atoms with Crippen LogP contribution in [0.1, 0.15) is 29.3 Å². The number of carbonyl (C=O) groups is 1. The minimum atomic E-state index is 0.207. The molecule has 19 heavy (non-hydrogen) atoms. The Morgan fingerprint density at radius 1 is 1.26 bits per heavy atom. The predicted molar refractivity (Wildman–Crippen MR) is 76.2 cm³/mol. The summed E-state index contributed by atoms with van der Waals surface area (Å²) in [5, 5.41) is 0. The van der Waals surface area contributed by atoms with Crippen LogP contribution in [0.5, 0.6) is 0 Å². The highest BCUT2D eigenvalue weighted by atomic mass is 16.2. The zero-order valence-corrected chi connectivity index (χ0v) is 11.9. The van der Waals surface area contributed by atoms with Gasteiger partial charge in [0.2, 0.25) is 0 Å². The Morgan fingerprint density at radius 2 is 2.00 bits per heavy atom. The minimum Gasteiger partial charge on any atom is -0.337 e. The Hall–Kier alpha value is -1.35. The summed E-state index contributed by atoms with van der Waals surface area (Å²) in [6.45, 7) is 9.61. The van der Waals surface area contributed by atoms with E-state index < -0.39 is 0 Å². The summed E-state index contributed by atoms with van der Waals surface area (Å²) >= 11 is 0. The molecule has 0 saturated carbocycles. The number of amides is 1. The molecule has 2 saturated heterocycles. The SMILES string of the molecule is CCN1CCC2(C1)CN(C(=O)c1ccccc1C)C2. The molecule has 1 aromatic carbocycles. The van der Waals surface area contributed by atoms with Gasteiger partial charge in [-0.3, -0.25) is 4.79 Å². The molecule has 0 unspecified atom stereocenters. The van der Waals surface area contributed by atoms with Crippen molar-refractivity contribution in [2.75, 3.05) is 32.7 Å². The van der Waals surface area contributed by atoms with E-state index in [9.17, 15) is 4.79 Å². The van der Waals surface area contributed by atoms with Gasteiger partial charge >= 0.3 is 0 Å². The summed E-state index contributed by atoms with van der Waals surface area (Å²) in [6.07, 6.45) is 1.25. The van der Waals surface area contributed by atoms with E-state index in [2.05, 4.69) is 11.8 Å². The van der Waals surface area contributed by atoms with E-state index in [0.717, 1.165) is 30.8 Å². The minimum absolute atomic E-state index is 0.207. The molecule has 0 aliphatic carbocycles. The van der Waals surface area contributed by atoms with Gasteiger partial charge in [-0.05, 0) is 38.1 Å². The van der Waals surface area contributed by atoms with Crippen LogP contribution in [0.4, 0.5) is 0 Å². The van der Waals surface area contributed by atoms with Crippen LogP contribution in [0.2, 0.25) is 0 Å². The van der Waals surface area contributed by atoms with E-state index >= 15 is 0 Å². The Balaban J connectivity index is 1.65. The molecular weight excluding hydrogens is 236 g/mol. The third kappa shape index (κ3) is 2.16. The van der Waals surface area contributed by atoms with Crippen molar-refractivity contribution in [3.8, 4) is 0 Å². The molecule has 2 aliphatic rings. The zero-order valence-electron chi connectivity index (χ0n) is 11.9. The second kappa shape index (κ2) is 4.64. The first-order valence-electron chi connectivity index (χ1n) is 7.21. The second-order valence-corrected chi connectivity index (χ2v) is 6.09. The molecule has 3 heteroatoms. The number of rotatable bonds is 2. The van der Waals surface area contributed by atoms with Gasteiger partial charge in [0.25, 0.3) is 5.91 Å². The van der Waals surface area contributed by atoms with Crippen LogP contribution in [0.15, 0.2) is 24.3 Å². The predicted octanol–water partition coefficient (Wildman–Crippen LogP) is 2.16. The van der Waals surface area contributed by atoms with E-state index in [0.29, 0.717) is 5.41 Å². The normalized spacial score (nSPS) is 21.7. The molecule has 1 aromatic rings. The summed E-state index contributed by atoms with van der Waals surface area (Å²) in [5.74, 6) is 0.207. The molecule has 1 amide bonds. The van der Waals surface area contributed by atoms with E-state index in [4.69, 9.17) is 0 Å². The van der Waals surface area contributed by atoms with Crippen LogP contribution in [-0.2, 0) is 0 Å². The fourth-order valence-corrected chi connectivity index (χ4v) is 3.45. The first kappa shape index (κ1) is 12.7. The average molecular weight is 258 g/mol. The van der Waals surface area contributed by atoms with Gasteiger partial charge in [-0.1, -0.05) is 25.1 Å². The van der Waals surface area contributed by atoms with Gasteiger partial charge in [-0.15, -0.1) is 0 Å². The lowest BCUT2D eigenvalue weighted by molar-refractivity contribution is 0.0109. The number of likely N-dealkylation sites (tertiary alicyclic amines) is 2. The Morgan fingerprint density at radius 3 is 2.63 bits per heavy atom. The van der Waals surface area contributed by atoms with Crippen molar-refractivity contribution in [1.29, 1.82) is 0 Å². The summed E-state index contributed by atoms with van der Waals surface area (Å²) in [6, 6.07) is 7.89. The first-order chi connectivity index (χ1) is 9.13. The molecule has 3 nitrogen and oxygen atoms in total. The molecular formula is C16H22N2O. The van der Waals surface area contributed by atoms with E-state index in [1.54, 1.807) is 0 Å². The van der Waals surface area contributed by atoms with Gasteiger partial charge in [0.15, 0.2) is 0 Å². The number of carbonyl (C=O) groups excluding carboxylic acids is 1. The van der Waals surface area contributed by atoms with Crippen LogP contribution in [0.25, 0.3) is 0 Å². The number of benzene rings is 1. The van der Waals surface area contributed by atoms with Crippen molar-refractivity contribution >= 4 is 5.91 Å². The summed E-state index contributed by atoms with van der Waals surface area (Å²) in [4.78, 5) is 17.0. The van der Waals surface area contributed by atoms with Crippen molar-refractivity contribution in [2.24, 2.45) is 5.41 Å². The van der Waals surface area contributed by atoms with Gasteiger partial charge in [0.05, 0.1) is 0 Å². The summed E-state index contributed by atoms with van der Waals surface area (Å²) in [7, 11) is 0. The molecule has 1 spiro atoms. The highest BCUT2D eigenvalue weighted by Crippen LogP contribution is 2.40. The van der Waals surface area contributed by atoms with Crippen molar-refractivity contribution in [2.45, 2.75) is 20.3 Å². The molecule has 2 fully saturated rings. The second-order valence-electron chi connectivity index (χ2n) is 6.09. The Labute approximate surface area is 115 Å². The standard InChI is InChI=1S/C16H22N2O/c1-3-17-9-8-16(10-17)11-18(12-16)15(19)14-7-5-4-6-13(14)2/h4-7H,3,8-12H2,1-2H3. The summed E-state index contributed by atoms with van der Waals surface area (Å²) in [5.41, 5.74) is 2.34. The van der Waals surface area contributed by atoms with Gasteiger partial charge < -0.3 is 9.80 Å². The maximum atomic E-state index is 12.5. The van der Waals surface area contributed by atoms with Gasteiger partial charge in [0.1, 0.15) is 0 Å². The molecule has 2 heterocycles. The lowest BCUT2D eigenvalue weighted by Gasteiger charge is -2.48. The van der Waals surface area contributed by atoms with Gasteiger partial charge in [0, 0.05) is 30.6 Å². The molecule has 0 aromatic heterocycles. The molecule has 2 aliphatic heterocycles. The quantitative estimate of drug-likeness (QED) is 0.811. The fraction of sp³-hybridized carbons (Fsp3) is 0.562. The number of aryl methyl sites for hydroxylation is 1. The largest absolute Gasteiger partial charge is 0.337 e. The third-order valence-corrected chi connectivity index (χ3v) is 4.68. The number of nitrogens with zero attached hydrogens (tertiary/aromatic N) is 2. The van der Waals surface area contributed by atoms with Crippen molar-refractivity contribution in [3.05, 3.63) is 35.4 Å². The molecule has 3 rings (SSSR count). The smallest absolute Gasteiger partial charge is 0.254 e. The molecule has 0 bridgehead atoms. The average Bonchev–Trinajstić information content (AvgIpc) is 2.81. The maximum Gasteiger partial charge on any atom is 0.254 e. The van der Waals surface area contributed by atoms with Crippen molar-refractivity contribution in [3.63, 3.8) is 0 Å². The maximum absolute atomic E-state index is 12.5. The highest BCUT2D eigenvalue weighted by Gasteiger charge is 2.48. The van der Waals surface area contributed by atoms with Crippen LogP contribution in [-0.4, -0.2) is 48.4 Å². The highest BCUT2D eigenvalue weighted by molar-refractivity contribution is 5.96. The molecule has 0 radical (unpaired) electrons. The molecule has 102 valence electrons. The number of hydrogen-bond donors (Lipinski definition) is 0. The first-order valence-corrected chi connectivity index (χ1v) is 7.21. The van der Waals surface area contributed by atoms with Gasteiger partial charge in [-0.2, -0.15) is 0 Å². The lowest BCUT2D eigenvalue weighted by Crippen LogP contribution is -2.59.